The van der Waals surface area contributed by atoms with Gasteiger partial charge in [-0.3, -0.25) is 0 Å². The Hall–Kier alpha value is -1.27. The quantitative estimate of drug-likeness (QED) is 0.897. The Kier molecular flexibility index (Phi) is 4.55. The van der Waals surface area contributed by atoms with Gasteiger partial charge in [-0.15, -0.1) is 0 Å². The third kappa shape index (κ3) is 4.11. The Balaban J connectivity index is 1.82. The van der Waals surface area contributed by atoms with E-state index in [1.165, 1.54) is 0 Å². The highest BCUT2D eigenvalue weighted by Crippen LogP contribution is 2.20. The van der Waals surface area contributed by atoms with Crippen LogP contribution in [0, 0.1) is 12.8 Å². The number of amides is 2. The molecule has 0 bridgehead atoms. The molecule has 0 aromatic heterocycles. The van der Waals surface area contributed by atoms with Gasteiger partial charge in [-0.2, -0.15) is 0 Å². The van der Waals surface area contributed by atoms with Crippen LogP contribution in [-0.2, 0) is 9.84 Å². The van der Waals surface area contributed by atoms with Crippen LogP contribution in [0.1, 0.15) is 12.0 Å². The molecule has 1 aromatic rings. The summed E-state index contributed by atoms with van der Waals surface area (Å²) in [5.74, 6) is 0.380. The van der Waals surface area contributed by atoms with Crippen LogP contribution in [-0.4, -0.2) is 32.5 Å². The van der Waals surface area contributed by atoms with Gasteiger partial charge in [-0.25, -0.2) is 13.2 Å². The van der Waals surface area contributed by atoms with Crippen LogP contribution in [0.3, 0.4) is 0 Å². The van der Waals surface area contributed by atoms with Crippen molar-refractivity contribution in [3.05, 3.63) is 28.8 Å². The third-order valence-corrected chi connectivity index (χ3v) is 5.55. The summed E-state index contributed by atoms with van der Waals surface area (Å²) in [5.41, 5.74) is 1.55. The van der Waals surface area contributed by atoms with Gasteiger partial charge in [0, 0.05) is 17.3 Å². The normalized spacial score (nSPS) is 20.6. The average molecular weight is 317 g/mol. The molecule has 110 valence electrons. The van der Waals surface area contributed by atoms with Gasteiger partial charge >= 0.3 is 6.03 Å². The lowest BCUT2D eigenvalue weighted by molar-refractivity contribution is 0.250. The zero-order valence-corrected chi connectivity index (χ0v) is 12.7. The summed E-state index contributed by atoms with van der Waals surface area (Å²) in [7, 11) is -2.90. The first-order chi connectivity index (χ1) is 9.35. The number of benzene rings is 1. The molecule has 1 heterocycles. The van der Waals surface area contributed by atoms with E-state index >= 15 is 0 Å². The number of halogens is 1. The number of rotatable bonds is 3. The van der Waals surface area contributed by atoms with Crippen LogP contribution in [0.15, 0.2) is 18.2 Å². The van der Waals surface area contributed by atoms with Crippen LogP contribution in [0.2, 0.25) is 5.02 Å². The molecule has 0 radical (unpaired) electrons. The summed E-state index contributed by atoms with van der Waals surface area (Å²) in [6.45, 7) is 2.25. The maximum atomic E-state index is 11.7. The van der Waals surface area contributed by atoms with E-state index in [-0.39, 0.29) is 23.5 Å². The minimum atomic E-state index is -2.90. The van der Waals surface area contributed by atoms with E-state index in [1.807, 2.05) is 13.0 Å². The maximum absolute atomic E-state index is 11.7. The monoisotopic (exact) mass is 316 g/mol. The van der Waals surface area contributed by atoms with Gasteiger partial charge in [0.15, 0.2) is 9.84 Å². The van der Waals surface area contributed by atoms with Crippen LogP contribution in [0.25, 0.3) is 0 Å². The van der Waals surface area contributed by atoms with E-state index in [2.05, 4.69) is 10.6 Å². The van der Waals surface area contributed by atoms with Gasteiger partial charge in [-0.05, 0) is 37.0 Å². The molecule has 2 rings (SSSR count). The highest BCUT2D eigenvalue weighted by molar-refractivity contribution is 7.91. The molecule has 2 amide bonds. The SMILES string of the molecule is Cc1ccc(NC(=O)NC[C@@H]2CCS(=O)(=O)C2)cc1Cl. The van der Waals surface area contributed by atoms with E-state index in [0.717, 1.165) is 5.56 Å². The minimum Gasteiger partial charge on any atom is -0.338 e. The molecule has 20 heavy (non-hydrogen) atoms. The second-order valence-electron chi connectivity index (χ2n) is 5.07. The van der Waals surface area contributed by atoms with E-state index in [9.17, 15) is 13.2 Å². The van der Waals surface area contributed by atoms with Crippen LogP contribution < -0.4 is 10.6 Å². The van der Waals surface area contributed by atoms with Crippen molar-refractivity contribution in [2.75, 3.05) is 23.4 Å². The standard InChI is InChI=1S/C13H17ClN2O3S/c1-9-2-3-11(6-12(9)14)16-13(17)15-7-10-4-5-20(18,19)8-10/h2-3,6,10H,4-5,7-8H2,1H3,(H2,15,16,17)/t10-/m0/s1. The largest absolute Gasteiger partial charge is 0.338 e. The summed E-state index contributed by atoms with van der Waals surface area (Å²) < 4.78 is 22.6. The molecule has 2 N–H and O–H groups in total. The fraction of sp³-hybridized carbons (Fsp3) is 0.462. The lowest BCUT2D eigenvalue weighted by Crippen LogP contribution is -2.33. The Morgan fingerprint density at radius 2 is 2.20 bits per heavy atom. The maximum Gasteiger partial charge on any atom is 0.319 e. The fourth-order valence-electron chi connectivity index (χ4n) is 2.12. The van der Waals surface area contributed by atoms with Crippen molar-refractivity contribution < 1.29 is 13.2 Å². The summed E-state index contributed by atoms with van der Waals surface area (Å²) in [6, 6.07) is 4.91. The molecular weight excluding hydrogens is 300 g/mol. The van der Waals surface area contributed by atoms with E-state index < -0.39 is 9.84 Å². The predicted molar refractivity (Wildman–Crippen MR) is 80.0 cm³/mol. The highest BCUT2D eigenvalue weighted by Gasteiger charge is 2.27. The zero-order chi connectivity index (χ0) is 14.8. The zero-order valence-electron chi connectivity index (χ0n) is 11.1. The molecule has 1 aliphatic rings. The number of nitrogens with one attached hydrogen (secondary N) is 2. The van der Waals surface area contributed by atoms with Gasteiger partial charge < -0.3 is 10.6 Å². The molecule has 1 saturated heterocycles. The summed E-state index contributed by atoms with van der Waals surface area (Å²) in [6.07, 6.45) is 0.610. The van der Waals surface area contributed by atoms with Crippen LogP contribution in [0.5, 0.6) is 0 Å². The van der Waals surface area contributed by atoms with Crippen molar-refractivity contribution >= 4 is 33.2 Å². The lowest BCUT2D eigenvalue weighted by atomic mass is 10.1. The molecule has 7 heteroatoms. The van der Waals surface area contributed by atoms with Crippen molar-refractivity contribution in [3.63, 3.8) is 0 Å². The molecular formula is C13H17ClN2O3S. The summed E-state index contributed by atoms with van der Waals surface area (Å²) in [4.78, 5) is 11.7. The first-order valence-corrected chi connectivity index (χ1v) is 8.57. The van der Waals surface area contributed by atoms with Gasteiger partial charge in [-0.1, -0.05) is 17.7 Å². The molecule has 0 unspecified atom stereocenters. The number of carbonyl (C=O) groups excluding carboxylic acids is 1. The molecule has 1 fully saturated rings. The van der Waals surface area contributed by atoms with Gasteiger partial charge in [0.05, 0.1) is 11.5 Å². The molecule has 1 atom stereocenters. The number of sulfone groups is 1. The molecule has 1 aromatic carbocycles. The second kappa shape index (κ2) is 6.01. The Bertz CT molecular complexity index is 616. The van der Waals surface area contributed by atoms with E-state index in [1.54, 1.807) is 12.1 Å². The van der Waals surface area contributed by atoms with Crippen LogP contribution >= 0.6 is 11.6 Å². The number of hydrogen-bond donors (Lipinski definition) is 2. The third-order valence-electron chi connectivity index (χ3n) is 3.31. The van der Waals surface area contributed by atoms with Crippen molar-refractivity contribution in [3.8, 4) is 0 Å². The van der Waals surface area contributed by atoms with Crippen molar-refractivity contribution in [1.82, 2.24) is 5.32 Å². The molecule has 0 saturated carbocycles. The summed E-state index contributed by atoms with van der Waals surface area (Å²) in [5, 5.41) is 5.95. The first-order valence-electron chi connectivity index (χ1n) is 6.37. The van der Waals surface area contributed by atoms with Gasteiger partial charge in [0.25, 0.3) is 0 Å². The number of aryl methyl sites for hydroxylation is 1. The number of hydrogen-bond acceptors (Lipinski definition) is 3. The summed E-state index contributed by atoms with van der Waals surface area (Å²) >= 11 is 5.97. The Morgan fingerprint density at radius 3 is 2.80 bits per heavy atom. The molecule has 0 spiro atoms. The minimum absolute atomic E-state index is 0.00681. The average Bonchev–Trinajstić information content (AvgIpc) is 2.71. The second-order valence-corrected chi connectivity index (χ2v) is 7.70. The highest BCUT2D eigenvalue weighted by atomic mass is 35.5. The topological polar surface area (TPSA) is 75.3 Å². The number of carbonyl (C=O) groups is 1. The molecule has 1 aliphatic heterocycles. The van der Waals surface area contributed by atoms with Crippen molar-refractivity contribution in [2.45, 2.75) is 13.3 Å². The fourth-order valence-corrected chi connectivity index (χ4v) is 4.16. The molecule has 0 aliphatic carbocycles. The van der Waals surface area contributed by atoms with Crippen molar-refractivity contribution in [2.24, 2.45) is 5.92 Å². The lowest BCUT2D eigenvalue weighted by Gasteiger charge is -2.11. The van der Waals surface area contributed by atoms with E-state index in [4.69, 9.17) is 11.6 Å². The first kappa shape index (κ1) is 15.1. The van der Waals surface area contributed by atoms with Crippen molar-refractivity contribution in [1.29, 1.82) is 0 Å². The smallest absolute Gasteiger partial charge is 0.319 e. The predicted octanol–water partition coefficient (Wildman–Crippen LogP) is 2.20. The number of anilines is 1. The van der Waals surface area contributed by atoms with Gasteiger partial charge in [0.1, 0.15) is 0 Å². The van der Waals surface area contributed by atoms with Gasteiger partial charge in [0.2, 0.25) is 0 Å². The molecule has 5 nitrogen and oxygen atoms in total. The number of urea groups is 1. The Morgan fingerprint density at radius 1 is 1.45 bits per heavy atom. The Labute approximate surface area is 123 Å². The van der Waals surface area contributed by atoms with E-state index in [0.29, 0.717) is 23.7 Å². The van der Waals surface area contributed by atoms with Crippen LogP contribution in [0.4, 0.5) is 10.5 Å².